The quantitative estimate of drug-likeness (QED) is 0.850. The van der Waals surface area contributed by atoms with Gasteiger partial charge in [0.15, 0.2) is 0 Å². The zero-order chi connectivity index (χ0) is 17.9. The monoisotopic (exact) mass is 348 g/mol. The smallest absolute Gasteiger partial charge is 0.227 e. The van der Waals surface area contributed by atoms with Crippen LogP contribution in [-0.2, 0) is 0 Å². The standard InChI is InChI=1S/C20H24N6/c1-16-13-19(25-7-2-3-8-25)23-20(22-16)26-11-9-24(10-12-26)18-6-4-5-17(14-18)15-21/h4-6,13-14H,2-3,7-12H2,1H3. The maximum Gasteiger partial charge on any atom is 0.227 e. The molecule has 2 fully saturated rings. The van der Waals surface area contributed by atoms with Gasteiger partial charge in [-0.1, -0.05) is 6.07 Å². The summed E-state index contributed by atoms with van der Waals surface area (Å²) in [5.41, 5.74) is 2.86. The summed E-state index contributed by atoms with van der Waals surface area (Å²) >= 11 is 0. The van der Waals surface area contributed by atoms with Crippen molar-refractivity contribution in [2.24, 2.45) is 0 Å². The van der Waals surface area contributed by atoms with Gasteiger partial charge in [-0.05, 0) is 38.0 Å². The van der Waals surface area contributed by atoms with Crippen molar-refractivity contribution >= 4 is 17.5 Å². The Bertz CT molecular complexity index is 813. The third-order valence-corrected chi connectivity index (χ3v) is 5.16. The molecule has 0 amide bonds. The van der Waals surface area contributed by atoms with Crippen LogP contribution in [0.25, 0.3) is 0 Å². The SMILES string of the molecule is Cc1cc(N2CCCC2)nc(N2CCN(c3cccc(C#N)c3)CC2)n1. The Labute approximate surface area is 154 Å². The number of nitrogens with zero attached hydrogens (tertiary/aromatic N) is 6. The lowest BCUT2D eigenvalue weighted by Gasteiger charge is -2.36. The van der Waals surface area contributed by atoms with Gasteiger partial charge in [-0.3, -0.25) is 0 Å². The van der Waals surface area contributed by atoms with Crippen LogP contribution in [0.1, 0.15) is 24.1 Å². The molecule has 134 valence electrons. The second-order valence-corrected chi connectivity index (χ2v) is 7.00. The van der Waals surface area contributed by atoms with E-state index in [0.29, 0.717) is 5.56 Å². The average Bonchev–Trinajstić information content (AvgIpc) is 3.23. The van der Waals surface area contributed by atoms with Gasteiger partial charge in [-0.2, -0.15) is 10.2 Å². The summed E-state index contributed by atoms with van der Waals surface area (Å²) in [7, 11) is 0. The Morgan fingerprint density at radius 3 is 2.35 bits per heavy atom. The number of benzene rings is 1. The molecule has 2 saturated heterocycles. The first-order valence-electron chi connectivity index (χ1n) is 9.33. The molecule has 6 heteroatoms. The predicted octanol–water partition coefficient (Wildman–Crippen LogP) is 2.58. The van der Waals surface area contributed by atoms with Crippen LogP contribution in [0, 0.1) is 18.3 Å². The largest absolute Gasteiger partial charge is 0.368 e. The van der Waals surface area contributed by atoms with E-state index in [-0.39, 0.29) is 0 Å². The van der Waals surface area contributed by atoms with Crippen molar-refractivity contribution in [3.8, 4) is 6.07 Å². The zero-order valence-electron chi connectivity index (χ0n) is 15.2. The van der Waals surface area contributed by atoms with Gasteiger partial charge in [0.05, 0.1) is 11.6 Å². The van der Waals surface area contributed by atoms with E-state index >= 15 is 0 Å². The Morgan fingerprint density at radius 1 is 0.885 bits per heavy atom. The molecule has 0 unspecified atom stereocenters. The molecule has 0 aliphatic carbocycles. The molecule has 0 saturated carbocycles. The van der Waals surface area contributed by atoms with E-state index in [1.54, 1.807) is 0 Å². The van der Waals surface area contributed by atoms with Crippen LogP contribution in [0.4, 0.5) is 17.5 Å². The summed E-state index contributed by atoms with van der Waals surface area (Å²) in [6.07, 6.45) is 2.50. The molecule has 2 aliphatic heterocycles. The van der Waals surface area contributed by atoms with E-state index in [1.165, 1.54) is 12.8 Å². The summed E-state index contributed by atoms with van der Waals surface area (Å²) in [4.78, 5) is 16.5. The van der Waals surface area contributed by atoms with Crippen molar-refractivity contribution in [3.63, 3.8) is 0 Å². The van der Waals surface area contributed by atoms with Crippen molar-refractivity contribution in [1.29, 1.82) is 5.26 Å². The minimum Gasteiger partial charge on any atom is -0.368 e. The van der Waals surface area contributed by atoms with Gasteiger partial charge >= 0.3 is 0 Å². The van der Waals surface area contributed by atoms with Crippen molar-refractivity contribution in [2.75, 3.05) is 54.0 Å². The van der Waals surface area contributed by atoms with Crippen molar-refractivity contribution in [1.82, 2.24) is 9.97 Å². The maximum absolute atomic E-state index is 9.10. The third-order valence-electron chi connectivity index (χ3n) is 5.16. The molecule has 1 aromatic carbocycles. The van der Waals surface area contributed by atoms with Gasteiger partial charge in [0.25, 0.3) is 0 Å². The molecule has 0 radical (unpaired) electrons. The first kappa shape index (κ1) is 16.6. The Balaban J connectivity index is 1.47. The minimum atomic E-state index is 0.710. The summed E-state index contributed by atoms with van der Waals surface area (Å²) in [5, 5.41) is 9.10. The highest BCUT2D eigenvalue weighted by Gasteiger charge is 2.22. The molecule has 2 aliphatic rings. The van der Waals surface area contributed by atoms with Gasteiger partial charge in [-0.25, -0.2) is 4.98 Å². The number of nitriles is 1. The van der Waals surface area contributed by atoms with Crippen molar-refractivity contribution < 1.29 is 0 Å². The molecule has 2 aromatic rings. The molecule has 0 N–H and O–H groups in total. The molecule has 6 nitrogen and oxygen atoms in total. The van der Waals surface area contributed by atoms with Crippen LogP contribution in [0.2, 0.25) is 0 Å². The number of hydrogen-bond donors (Lipinski definition) is 0. The Morgan fingerprint density at radius 2 is 1.62 bits per heavy atom. The van der Waals surface area contributed by atoms with E-state index in [9.17, 15) is 0 Å². The van der Waals surface area contributed by atoms with Crippen LogP contribution in [0.5, 0.6) is 0 Å². The van der Waals surface area contributed by atoms with E-state index < -0.39 is 0 Å². The normalized spacial score (nSPS) is 17.5. The Hall–Kier alpha value is -2.81. The molecule has 0 bridgehead atoms. The number of aryl methyl sites for hydroxylation is 1. The minimum absolute atomic E-state index is 0.710. The zero-order valence-corrected chi connectivity index (χ0v) is 15.2. The molecule has 4 rings (SSSR count). The molecule has 1 aromatic heterocycles. The third kappa shape index (κ3) is 3.43. The second kappa shape index (κ2) is 7.20. The number of aromatic nitrogens is 2. The summed E-state index contributed by atoms with van der Waals surface area (Å²) in [5.74, 6) is 1.91. The lowest BCUT2D eigenvalue weighted by atomic mass is 10.2. The molecule has 26 heavy (non-hydrogen) atoms. The van der Waals surface area contributed by atoms with Gasteiger partial charge in [0.1, 0.15) is 5.82 Å². The molecular weight excluding hydrogens is 324 g/mol. The topological polar surface area (TPSA) is 59.3 Å². The molecule has 3 heterocycles. The lowest BCUT2D eigenvalue weighted by molar-refractivity contribution is 0.638. The van der Waals surface area contributed by atoms with Gasteiger partial charge in [-0.15, -0.1) is 0 Å². The van der Waals surface area contributed by atoms with Crippen LogP contribution in [0.15, 0.2) is 30.3 Å². The fourth-order valence-electron chi connectivity index (χ4n) is 3.72. The first-order valence-corrected chi connectivity index (χ1v) is 9.33. The average molecular weight is 348 g/mol. The molecule has 0 spiro atoms. The maximum atomic E-state index is 9.10. The fraction of sp³-hybridized carbons (Fsp3) is 0.450. The van der Waals surface area contributed by atoms with Crippen LogP contribution in [0.3, 0.4) is 0 Å². The summed E-state index contributed by atoms with van der Waals surface area (Å²) < 4.78 is 0. The van der Waals surface area contributed by atoms with Crippen molar-refractivity contribution in [3.05, 3.63) is 41.6 Å². The second-order valence-electron chi connectivity index (χ2n) is 7.00. The highest BCUT2D eigenvalue weighted by atomic mass is 15.3. The lowest BCUT2D eigenvalue weighted by Crippen LogP contribution is -2.47. The summed E-state index contributed by atoms with van der Waals surface area (Å²) in [6.45, 7) is 7.84. The molecular formula is C20H24N6. The van der Waals surface area contributed by atoms with Crippen LogP contribution < -0.4 is 14.7 Å². The number of rotatable bonds is 3. The summed E-state index contributed by atoms with van der Waals surface area (Å²) in [6, 6.07) is 12.1. The number of piperazine rings is 1. The van der Waals surface area contributed by atoms with Gasteiger partial charge < -0.3 is 14.7 Å². The van der Waals surface area contributed by atoms with Crippen LogP contribution >= 0.6 is 0 Å². The number of anilines is 3. The van der Waals surface area contributed by atoms with Gasteiger partial charge in [0.2, 0.25) is 5.95 Å². The van der Waals surface area contributed by atoms with E-state index in [4.69, 9.17) is 10.2 Å². The first-order chi connectivity index (χ1) is 12.7. The Kier molecular flexibility index (Phi) is 4.61. The molecule has 0 atom stereocenters. The fourth-order valence-corrected chi connectivity index (χ4v) is 3.72. The van der Waals surface area contributed by atoms with E-state index in [2.05, 4.69) is 37.9 Å². The van der Waals surface area contributed by atoms with Crippen molar-refractivity contribution in [2.45, 2.75) is 19.8 Å². The highest BCUT2D eigenvalue weighted by Crippen LogP contribution is 2.23. The highest BCUT2D eigenvalue weighted by molar-refractivity contribution is 5.53. The van der Waals surface area contributed by atoms with E-state index in [1.807, 2.05) is 25.1 Å². The van der Waals surface area contributed by atoms with Gasteiger partial charge in [0, 0.05) is 56.7 Å². The van der Waals surface area contributed by atoms with Crippen LogP contribution in [-0.4, -0.2) is 49.2 Å². The van der Waals surface area contributed by atoms with E-state index in [0.717, 1.165) is 62.4 Å². The predicted molar refractivity (Wildman–Crippen MR) is 104 cm³/mol. The number of hydrogen-bond acceptors (Lipinski definition) is 6.